The number of nitrogens with two attached hydrogens (primary N) is 1. The van der Waals surface area contributed by atoms with Crippen LogP contribution in [0.25, 0.3) is 0 Å². The molecule has 2 bridgehead atoms. The first-order chi connectivity index (χ1) is 24.2. The zero-order valence-corrected chi connectivity index (χ0v) is 34.6. The van der Waals surface area contributed by atoms with Crippen molar-refractivity contribution in [3.8, 4) is 0 Å². The van der Waals surface area contributed by atoms with Gasteiger partial charge in [-0.2, -0.15) is 4.80 Å². The molecule has 4 fully saturated rings. The minimum absolute atomic E-state index is 0.149. The molecule has 0 unspecified atom stereocenters. The summed E-state index contributed by atoms with van der Waals surface area (Å²) in [5.74, 6) is 1.50. The molecule has 4 N–H and O–H groups in total. The summed E-state index contributed by atoms with van der Waals surface area (Å²) in [7, 11) is 0. The number of anilines is 1. The third kappa shape index (κ3) is 5.89. The summed E-state index contributed by atoms with van der Waals surface area (Å²) in [6, 6.07) is -0.170. The molecule has 0 radical (unpaired) electrons. The van der Waals surface area contributed by atoms with Gasteiger partial charge in [0.05, 0.1) is 31.8 Å². The predicted molar refractivity (Wildman–Crippen MR) is 205 cm³/mol. The van der Waals surface area contributed by atoms with Crippen molar-refractivity contribution in [2.45, 2.75) is 146 Å². The average molecular weight is 725 g/mol. The number of hydrogen-bond donors (Lipinski definition) is 3. The Labute approximate surface area is 314 Å². The monoisotopic (exact) mass is 725 g/mol. The molecule has 12 atom stereocenters. The number of carboxylic acid groups (broad SMARTS) is 1. The smallest absolute Gasteiger partial charge is 0.307 e. The lowest BCUT2D eigenvalue weighted by atomic mass is 9.34. The summed E-state index contributed by atoms with van der Waals surface area (Å²) in [5.41, 5.74) is 6.13. The van der Waals surface area contributed by atoms with E-state index in [9.17, 15) is 9.90 Å². The minimum Gasteiger partial charge on any atom is -0.481 e. The van der Waals surface area contributed by atoms with Crippen LogP contribution in [0.1, 0.15) is 134 Å². The Kier molecular flexibility index (Phi) is 10.4. The topological polar surface area (TPSA) is 137 Å². The third-order valence-electron chi connectivity index (χ3n) is 16.9. The van der Waals surface area contributed by atoms with Gasteiger partial charge in [0.2, 0.25) is 0 Å². The highest BCUT2D eigenvalue weighted by Crippen LogP contribution is 2.75. The fourth-order valence-corrected chi connectivity index (χ4v) is 12.8. The number of carboxylic acids is 1. The Morgan fingerprint density at radius 2 is 1.81 bits per heavy atom. The first-order valence-electron chi connectivity index (χ1n) is 20.6. The number of fused-ring (bicyclic) bond motifs is 3. The zero-order valence-electron chi connectivity index (χ0n) is 34.6. The van der Waals surface area contributed by atoms with Crippen LogP contribution in [0.2, 0.25) is 0 Å². The van der Waals surface area contributed by atoms with E-state index in [4.69, 9.17) is 15.2 Å². The second-order valence-electron chi connectivity index (χ2n) is 20.5. The Hall–Kier alpha value is -2.04. The maximum absolute atomic E-state index is 13.5. The molecule has 6 rings (SSSR count). The number of carbonyl (C=O) groups is 1. The molecule has 1 aromatic rings. The van der Waals surface area contributed by atoms with Crippen LogP contribution in [0.15, 0.2) is 11.6 Å². The number of nitrogen functional groups attached to an aromatic ring is 1. The fourth-order valence-electron chi connectivity index (χ4n) is 12.8. The van der Waals surface area contributed by atoms with Gasteiger partial charge in [0.1, 0.15) is 6.04 Å². The lowest BCUT2D eigenvalue weighted by molar-refractivity contribution is -0.254. The van der Waals surface area contributed by atoms with E-state index in [2.05, 4.69) is 110 Å². The van der Waals surface area contributed by atoms with Crippen molar-refractivity contribution in [3.63, 3.8) is 0 Å². The zero-order chi connectivity index (χ0) is 38.2. The van der Waals surface area contributed by atoms with Crippen molar-refractivity contribution in [2.75, 3.05) is 32.1 Å². The SMILES string of the molecule is CC(C)CCN[C@@](C)(CO[C@H]1[C@H](n2nnc(N)n2)C[C@@]23COC[C@]1(C)[C@@H]2CC[C@H]1C3=CC[C@@]2(C)[C@H](C(=O)O)[C@@](C)([C@H](C)C(C)C)CC[C@]12C)C(C)C. The van der Waals surface area contributed by atoms with E-state index in [1.54, 1.807) is 4.80 Å². The highest BCUT2D eigenvalue weighted by molar-refractivity contribution is 5.73. The maximum Gasteiger partial charge on any atom is 0.307 e. The molecule has 10 heteroatoms. The molecule has 294 valence electrons. The molecule has 0 aromatic carbocycles. The lowest BCUT2D eigenvalue weighted by Crippen LogP contribution is -2.69. The highest BCUT2D eigenvalue weighted by atomic mass is 16.5. The van der Waals surface area contributed by atoms with E-state index >= 15 is 0 Å². The normalized spacial score (nSPS) is 41.9. The summed E-state index contributed by atoms with van der Waals surface area (Å²) in [5, 5.41) is 28.3. The van der Waals surface area contributed by atoms with E-state index in [1.807, 2.05) is 0 Å². The van der Waals surface area contributed by atoms with Crippen molar-refractivity contribution in [2.24, 2.45) is 68.5 Å². The second kappa shape index (κ2) is 13.6. The largest absolute Gasteiger partial charge is 0.481 e. The number of aliphatic carboxylic acids is 1. The Morgan fingerprint density at radius 3 is 2.40 bits per heavy atom. The van der Waals surface area contributed by atoms with Gasteiger partial charge in [-0.05, 0) is 115 Å². The van der Waals surface area contributed by atoms with Crippen LogP contribution in [-0.2, 0) is 14.3 Å². The fraction of sp³-hybridized carbons (Fsp3) is 0.905. The van der Waals surface area contributed by atoms with Crippen LogP contribution < -0.4 is 11.1 Å². The van der Waals surface area contributed by atoms with Gasteiger partial charge in [0.25, 0.3) is 5.95 Å². The summed E-state index contributed by atoms with van der Waals surface area (Å²) in [6.07, 6.45) is 9.08. The molecule has 1 aliphatic heterocycles. The van der Waals surface area contributed by atoms with Crippen LogP contribution in [0.3, 0.4) is 0 Å². The van der Waals surface area contributed by atoms with Crippen LogP contribution in [0, 0.1) is 68.5 Å². The first kappa shape index (κ1) is 39.6. The number of nitrogens with zero attached hydrogens (tertiary/aromatic N) is 4. The van der Waals surface area contributed by atoms with Crippen LogP contribution in [-0.4, -0.2) is 69.3 Å². The van der Waals surface area contributed by atoms with Crippen LogP contribution in [0.4, 0.5) is 5.95 Å². The highest BCUT2D eigenvalue weighted by Gasteiger charge is 2.72. The van der Waals surface area contributed by atoms with Crippen molar-refractivity contribution >= 4 is 11.9 Å². The molecular weight excluding hydrogens is 653 g/mol. The van der Waals surface area contributed by atoms with Crippen LogP contribution in [0.5, 0.6) is 0 Å². The Bertz CT molecular complexity index is 1510. The molecule has 3 saturated carbocycles. The summed E-state index contributed by atoms with van der Waals surface area (Å²) in [4.78, 5) is 15.3. The summed E-state index contributed by atoms with van der Waals surface area (Å²) in [6.45, 7) is 30.4. The first-order valence-corrected chi connectivity index (χ1v) is 20.6. The van der Waals surface area contributed by atoms with Crippen molar-refractivity contribution in [1.29, 1.82) is 0 Å². The molecule has 1 aromatic heterocycles. The molecule has 5 aliphatic rings. The molecule has 0 spiro atoms. The van der Waals surface area contributed by atoms with Crippen molar-refractivity contribution < 1.29 is 19.4 Å². The molecular formula is C42H72N6O4. The Morgan fingerprint density at radius 1 is 1.10 bits per heavy atom. The average Bonchev–Trinajstić information content (AvgIpc) is 3.49. The van der Waals surface area contributed by atoms with Crippen molar-refractivity contribution in [3.05, 3.63) is 11.6 Å². The van der Waals surface area contributed by atoms with Gasteiger partial charge in [-0.1, -0.05) is 92.9 Å². The van der Waals surface area contributed by atoms with Gasteiger partial charge in [-0.15, -0.1) is 5.10 Å². The number of allylic oxidation sites excluding steroid dienone is 1. The van der Waals surface area contributed by atoms with Crippen molar-refractivity contribution in [1.82, 2.24) is 25.5 Å². The van der Waals surface area contributed by atoms with Gasteiger partial charge >= 0.3 is 5.97 Å². The maximum atomic E-state index is 13.5. The van der Waals surface area contributed by atoms with Gasteiger partial charge in [0.15, 0.2) is 0 Å². The predicted octanol–water partition coefficient (Wildman–Crippen LogP) is 7.82. The molecule has 1 saturated heterocycles. The molecule has 4 aliphatic carbocycles. The third-order valence-corrected chi connectivity index (χ3v) is 16.9. The minimum atomic E-state index is -0.625. The van der Waals surface area contributed by atoms with E-state index in [1.165, 1.54) is 5.57 Å². The number of ether oxygens (including phenoxy) is 2. The molecule has 2 heterocycles. The standard InChI is InChI=1S/C42H72N6O4/c1-25(2)16-20-44-41(12,27(5)6)23-52-34-31(48-46-36(43)45-47-48)21-42-24-51-22-38(34,9)32(42)14-13-29-30(42)15-17-40(11)33(35(49)50)37(8,28(7)26(3)4)18-19-39(29,40)10/h15,25-29,31-34,44H,13-14,16-24H2,1-12H3,(H2,43,46)(H,49,50)/t28-,29+,31-,32+,33-,34+,37-,38-,39-,40+,41+,42+/m1/s1. The Balaban J connectivity index is 1.40. The van der Waals surface area contributed by atoms with Crippen LogP contribution >= 0.6 is 0 Å². The number of tetrazole rings is 1. The number of aromatic nitrogens is 4. The molecule has 0 amide bonds. The summed E-state index contributed by atoms with van der Waals surface area (Å²) >= 11 is 0. The summed E-state index contributed by atoms with van der Waals surface area (Å²) < 4.78 is 14.0. The van der Waals surface area contributed by atoms with E-state index < -0.39 is 11.9 Å². The van der Waals surface area contributed by atoms with Gasteiger partial charge in [-0.25, -0.2) is 0 Å². The molecule has 10 nitrogen and oxygen atoms in total. The van der Waals surface area contributed by atoms with E-state index in [-0.39, 0.29) is 56.6 Å². The second-order valence-corrected chi connectivity index (χ2v) is 20.5. The van der Waals surface area contributed by atoms with Gasteiger partial charge in [-0.3, -0.25) is 4.79 Å². The number of nitrogens with one attached hydrogen (secondary N) is 1. The number of rotatable bonds is 12. The lowest BCUT2D eigenvalue weighted by Gasteiger charge is -2.71. The molecule has 52 heavy (non-hydrogen) atoms. The van der Waals surface area contributed by atoms with Gasteiger partial charge < -0.3 is 25.6 Å². The quantitative estimate of drug-likeness (QED) is 0.184. The van der Waals surface area contributed by atoms with E-state index in [0.717, 1.165) is 51.5 Å². The number of hydrogen-bond acceptors (Lipinski definition) is 8. The van der Waals surface area contributed by atoms with E-state index in [0.29, 0.717) is 49.4 Å². The van der Waals surface area contributed by atoms with Gasteiger partial charge in [0, 0.05) is 16.4 Å².